The lowest BCUT2D eigenvalue weighted by Gasteiger charge is -2.21. The number of ether oxygens (including phenoxy) is 1. The van der Waals surface area contributed by atoms with Gasteiger partial charge in [0.25, 0.3) is 0 Å². The second-order valence-corrected chi connectivity index (χ2v) is 6.73. The van der Waals surface area contributed by atoms with Crippen molar-refractivity contribution < 1.29 is 23.8 Å². The SMILES string of the molecule is CC(C)(CC(=O)O)CC(=O)Nc1cccc(COCc2ccco2)c1. The molecule has 1 amide bonds. The zero-order chi connectivity index (χ0) is 18.3. The summed E-state index contributed by atoms with van der Waals surface area (Å²) in [6.45, 7) is 4.31. The number of furan rings is 1. The van der Waals surface area contributed by atoms with Gasteiger partial charge in [0.2, 0.25) is 5.91 Å². The molecule has 134 valence electrons. The molecule has 1 aromatic heterocycles. The molecule has 0 atom stereocenters. The molecular weight excluding hydrogens is 322 g/mol. The Balaban J connectivity index is 1.85. The normalized spacial score (nSPS) is 11.3. The van der Waals surface area contributed by atoms with Gasteiger partial charge in [-0.05, 0) is 35.2 Å². The van der Waals surface area contributed by atoms with Crippen LogP contribution in [0.2, 0.25) is 0 Å². The minimum atomic E-state index is -0.909. The Labute approximate surface area is 146 Å². The molecule has 0 bridgehead atoms. The first-order valence-corrected chi connectivity index (χ1v) is 8.05. The van der Waals surface area contributed by atoms with E-state index in [1.807, 2.05) is 24.3 Å². The predicted molar refractivity (Wildman–Crippen MR) is 92.9 cm³/mol. The average Bonchev–Trinajstić information content (AvgIpc) is 2.98. The van der Waals surface area contributed by atoms with Gasteiger partial charge in [-0.2, -0.15) is 0 Å². The summed E-state index contributed by atoms with van der Waals surface area (Å²) in [6.07, 6.45) is 1.68. The van der Waals surface area contributed by atoms with Crippen LogP contribution in [-0.4, -0.2) is 17.0 Å². The van der Waals surface area contributed by atoms with E-state index in [0.717, 1.165) is 11.3 Å². The van der Waals surface area contributed by atoms with Crippen molar-refractivity contribution in [2.45, 2.75) is 39.9 Å². The van der Waals surface area contributed by atoms with E-state index in [1.165, 1.54) is 0 Å². The molecule has 0 saturated carbocycles. The molecule has 0 radical (unpaired) electrons. The number of carboxylic acid groups (broad SMARTS) is 1. The summed E-state index contributed by atoms with van der Waals surface area (Å²) in [4.78, 5) is 23.0. The maximum Gasteiger partial charge on any atom is 0.303 e. The largest absolute Gasteiger partial charge is 0.481 e. The number of anilines is 1. The number of hydrogen-bond donors (Lipinski definition) is 2. The maximum atomic E-state index is 12.1. The fraction of sp³-hybridized carbons (Fsp3) is 0.368. The molecule has 0 fully saturated rings. The Bertz CT molecular complexity index is 706. The van der Waals surface area contributed by atoms with Crippen LogP contribution in [0.25, 0.3) is 0 Å². The second kappa shape index (κ2) is 8.48. The van der Waals surface area contributed by atoms with Crippen LogP contribution in [0.4, 0.5) is 5.69 Å². The summed E-state index contributed by atoms with van der Waals surface area (Å²) in [7, 11) is 0. The minimum Gasteiger partial charge on any atom is -0.481 e. The summed E-state index contributed by atoms with van der Waals surface area (Å²) in [6, 6.07) is 11.0. The number of carbonyl (C=O) groups excluding carboxylic acids is 1. The molecule has 2 aromatic rings. The van der Waals surface area contributed by atoms with E-state index >= 15 is 0 Å². The molecule has 1 aromatic carbocycles. The van der Waals surface area contributed by atoms with Gasteiger partial charge in [-0.15, -0.1) is 0 Å². The highest BCUT2D eigenvalue weighted by molar-refractivity contribution is 5.91. The van der Waals surface area contributed by atoms with Gasteiger partial charge in [0.1, 0.15) is 12.4 Å². The van der Waals surface area contributed by atoms with Crippen molar-refractivity contribution in [2.24, 2.45) is 5.41 Å². The van der Waals surface area contributed by atoms with Crippen LogP contribution < -0.4 is 5.32 Å². The molecule has 2 N–H and O–H groups in total. The smallest absolute Gasteiger partial charge is 0.303 e. The van der Waals surface area contributed by atoms with Crippen LogP contribution in [0.15, 0.2) is 47.1 Å². The number of nitrogens with one attached hydrogen (secondary N) is 1. The summed E-state index contributed by atoms with van der Waals surface area (Å²) >= 11 is 0. The molecular formula is C19H23NO5. The molecule has 6 nitrogen and oxygen atoms in total. The molecule has 1 heterocycles. The van der Waals surface area contributed by atoms with Gasteiger partial charge in [0.15, 0.2) is 0 Å². The van der Waals surface area contributed by atoms with E-state index in [4.69, 9.17) is 14.3 Å². The van der Waals surface area contributed by atoms with Gasteiger partial charge in [-0.1, -0.05) is 26.0 Å². The van der Waals surface area contributed by atoms with Crippen molar-refractivity contribution in [1.29, 1.82) is 0 Å². The monoisotopic (exact) mass is 345 g/mol. The molecule has 0 aliphatic rings. The number of carboxylic acids is 1. The summed E-state index contributed by atoms with van der Waals surface area (Å²) in [5.41, 5.74) is 0.990. The molecule has 0 aliphatic carbocycles. The Kier molecular flexibility index (Phi) is 6.36. The molecule has 6 heteroatoms. The van der Waals surface area contributed by atoms with Crippen molar-refractivity contribution in [3.05, 3.63) is 54.0 Å². The second-order valence-electron chi connectivity index (χ2n) is 6.73. The van der Waals surface area contributed by atoms with Crippen LogP contribution in [0.5, 0.6) is 0 Å². The first-order chi connectivity index (χ1) is 11.8. The summed E-state index contributed by atoms with van der Waals surface area (Å²) in [5.74, 6) is -0.362. The number of amides is 1. The number of carbonyl (C=O) groups is 2. The van der Waals surface area contributed by atoms with E-state index in [1.54, 1.807) is 32.2 Å². The lowest BCUT2D eigenvalue weighted by Crippen LogP contribution is -2.24. The fourth-order valence-electron chi connectivity index (χ4n) is 2.51. The van der Waals surface area contributed by atoms with Crippen molar-refractivity contribution in [3.63, 3.8) is 0 Å². The quantitative estimate of drug-likeness (QED) is 0.721. The number of rotatable bonds is 9. The number of hydrogen-bond acceptors (Lipinski definition) is 4. The molecule has 0 saturated heterocycles. The van der Waals surface area contributed by atoms with Gasteiger partial charge < -0.3 is 19.6 Å². The molecule has 0 unspecified atom stereocenters. The fourth-order valence-corrected chi connectivity index (χ4v) is 2.51. The third-order valence-electron chi connectivity index (χ3n) is 3.57. The van der Waals surface area contributed by atoms with Crippen molar-refractivity contribution in [2.75, 3.05) is 5.32 Å². The third kappa shape index (κ3) is 6.81. The van der Waals surface area contributed by atoms with Crippen LogP contribution in [0.3, 0.4) is 0 Å². The first-order valence-electron chi connectivity index (χ1n) is 8.05. The molecule has 2 rings (SSSR count). The van der Waals surface area contributed by atoms with Crippen molar-refractivity contribution in [1.82, 2.24) is 0 Å². The van der Waals surface area contributed by atoms with Gasteiger partial charge in [0, 0.05) is 12.1 Å². The van der Waals surface area contributed by atoms with Crippen LogP contribution in [-0.2, 0) is 27.5 Å². The van der Waals surface area contributed by atoms with Gasteiger partial charge in [-0.3, -0.25) is 9.59 Å². The Morgan fingerprint density at radius 2 is 1.96 bits per heavy atom. The van der Waals surface area contributed by atoms with Crippen LogP contribution in [0, 0.1) is 5.41 Å². The lowest BCUT2D eigenvalue weighted by atomic mass is 9.85. The van der Waals surface area contributed by atoms with E-state index in [0.29, 0.717) is 18.9 Å². The third-order valence-corrected chi connectivity index (χ3v) is 3.57. The van der Waals surface area contributed by atoms with Crippen molar-refractivity contribution >= 4 is 17.6 Å². The summed E-state index contributed by atoms with van der Waals surface area (Å²) < 4.78 is 10.8. The van der Waals surface area contributed by atoms with E-state index < -0.39 is 11.4 Å². The standard InChI is InChI=1S/C19H23NO5/c1-19(2,11-18(22)23)10-17(21)20-15-6-3-5-14(9-15)12-24-13-16-7-4-8-25-16/h3-9H,10-13H2,1-2H3,(H,20,21)(H,22,23). The average molecular weight is 345 g/mol. The van der Waals surface area contributed by atoms with Crippen molar-refractivity contribution in [3.8, 4) is 0 Å². The zero-order valence-corrected chi connectivity index (χ0v) is 14.5. The Morgan fingerprint density at radius 3 is 2.64 bits per heavy atom. The highest BCUT2D eigenvalue weighted by atomic mass is 16.5. The van der Waals surface area contributed by atoms with Gasteiger partial charge in [0.05, 0.1) is 19.3 Å². The maximum absolute atomic E-state index is 12.1. The van der Waals surface area contributed by atoms with E-state index in [-0.39, 0.29) is 18.7 Å². The first kappa shape index (κ1) is 18.7. The lowest BCUT2D eigenvalue weighted by molar-refractivity contribution is -0.139. The molecule has 25 heavy (non-hydrogen) atoms. The predicted octanol–water partition coefficient (Wildman–Crippen LogP) is 3.83. The minimum absolute atomic E-state index is 0.0545. The van der Waals surface area contributed by atoms with E-state index in [2.05, 4.69) is 5.32 Å². The molecule has 0 aliphatic heterocycles. The summed E-state index contributed by atoms with van der Waals surface area (Å²) in [5, 5.41) is 11.7. The Morgan fingerprint density at radius 1 is 1.16 bits per heavy atom. The van der Waals surface area contributed by atoms with E-state index in [9.17, 15) is 9.59 Å². The van der Waals surface area contributed by atoms with Crippen LogP contribution >= 0.6 is 0 Å². The van der Waals surface area contributed by atoms with Gasteiger partial charge >= 0.3 is 5.97 Å². The topological polar surface area (TPSA) is 88.8 Å². The highest BCUT2D eigenvalue weighted by Crippen LogP contribution is 2.25. The zero-order valence-electron chi connectivity index (χ0n) is 14.5. The number of aliphatic carboxylic acids is 1. The highest BCUT2D eigenvalue weighted by Gasteiger charge is 2.25. The number of benzene rings is 1. The Hall–Kier alpha value is -2.60. The molecule has 0 spiro atoms. The van der Waals surface area contributed by atoms with Gasteiger partial charge in [-0.25, -0.2) is 0 Å². The van der Waals surface area contributed by atoms with Crippen LogP contribution in [0.1, 0.15) is 38.0 Å².